The van der Waals surface area contributed by atoms with Crippen molar-refractivity contribution < 1.29 is 9.18 Å². The topological polar surface area (TPSA) is 54.0 Å². The molecule has 0 radical (unpaired) electrons. The van der Waals surface area contributed by atoms with Crippen LogP contribution >= 0.6 is 0 Å². The lowest BCUT2D eigenvalue weighted by atomic mass is 10.1. The Morgan fingerprint density at radius 3 is 2.95 bits per heavy atom. The summed E-state index contributed by atoms with van der Waals surface area (Å²) in [6.07, 6.45) is 5.59. The zero-order valence-electron chi connectivity index (χ0n) is 12.8. The van der Waals surface area contributed by atoms with E-state index in [9.17, 15) is 9.18 Å². The van der Waals surface area contributed by atoms with Crippen molar-refractivity contribution in [3.8, 4) is 0 Å². The van der Waals surface area contributed by atoms with E-state index in [4.69, 9.17) is 0 Å². The van der Waals surface area contributed by atoms with Crippen LogP contribution in [0, 0.1) is 17.7 Å². The normalized spacial score (nSPS) is 21.3. The summed E-state index contributed by atoms with van der Waals surface area (Å²) in [5.41, 5.74) is 0.287. The van der Waals surface area contributed by atoms with Gasteiger partial charge in [0.25, 0.3) is 5.91 Å². The molecule has 21 heavy (non-hydrogen) atoms. The molecule has 1 aliphatic carbocycles. The van der Waals surface area contributed by atoms with Crippen LogP contribution in [0.2, 0.25) is 0 Å². The summed E-state index contributed by atoms with van der Waals surface area (Å²) in [6, 6.07) is 1.25. The third-order valence-electron chi connectivity index (χ3n) is 4.00. The molecule has 2 N–H and O–H groups in total. The van der Waals surface area contributed by atoms with Gasteiger partial charge in [0, 0.05) is 13.1 Å². The number of nitrogens with one attached hydrogen (secondary N) is 2. The molecule has 1 fully saturated rings. The minimum atomic E-state index is -0.489. The maximum atomic E-state index is 13.4. The number of carbonyl (C=O) groups is 1. The Hall–Kier alpha value is -1.65. The molecule has 0 bridgehead atoms. The highest BCUT2D eigenvalue weighted by molar-refractivity contribution is 5.98. The lowest BCUT2D eigenvalue weighted by Crippen LogP contribution is -2.29. The standard InChI is InChI=1S/C16H24FN3O/c1-3-6-18-15-14(8-13(17)10-19-15)16(21)20-9-12-5-4-11(2)7-12/h8,10-12H,3-7,9H2,1-2H3,(H,18,19)(H,20,21). The van der Waals surface area contributed by atoms with Gasteiger partial charge in [-0.15, -0.1) is 0 Å². The van der Waals surface area contributed by atoms with Gasteiger partial charge in [0.2, 0.25) is 0 Å². The second-order valence-corrected chi connectivity index (χ2v) is 5.97. The first kappa shape index (κ1) is 15.7. The number of carbonyl (C=O) groups excluding carboxylic acids is 1. The van der Waals surface area contributed by atoms with E-state index in [1.54, 1.807) is 0 Å². The van der Waals surface area contributed by atoms with Crippen LogP contribution in [0.1, 0.15) is 49.9 Å². The van der Waals surface area contributed by atoms with Gasteiger partial charge in [-0.3, -0.25) is 4.79 Å². The molecule has 1 aromatic heterocycles. The van der Waals surface area contributed by atoms with E-state index in [-0.39, 0.29) is 11.5 Å². The first-order chi connectivity index (χ1) is 10.1. The largest absolute Gasteiger partial charge is 0.369 e. The van der Waals surface area contributed by atoms with Crippen molar-refractivity contribution in [2.75, 3.05) is 18.4 Å². The summed E-state index contributed by atoms with van der Waals surface area (Å²) in [6.45, 7) is 5.63. The molecule has 116 valence electrons. The van der Waals surface area contributed by atoms with Crippen LogP contribution in [0.5, 0.6) is 0 Å². The molecule has 2 atom stereocenters. The molecule has 1 saturated carbocycles. The Balaban J connectivity index is 1.98. The van der Waals surface area contributed by atoms with E-state index in [1.165, 1.54) is 12.5 Å². The van der Waals surface area contributed by atoms with Gasteiger partial charge in [-0.05, 0) is 37.2 Å². The molecule has 0 aliphatic heterocycles. The van der Waals surface area contributed by atoms with E-state index in [0.717, 1.165) is 31.4 Å². The average molecular weight is 293 g/mol. The quantitative estimate of drug-likeness (QED) is 0.847. The molecule has 2 rings (SSSR count). The third kappa shape index (κ3) is 4.41. The maximum absolute atomic E-state index is 13.4. The summed E-state index contributed by atoms with van der Waals surface area (Å²) in [5.74, 6) is 0.995. The zero-order valence-corrected chi connectivity index (χ0v) is 12.8. The van der Waals surface area contributed by atoms with Crippen molar-refractivity contribution in [2.45, 2.75) is 39.5 Å². The molecule has 1 aliphatic rings. The van der Waals surface area contributed by atoms with Gasteiger partial charge in [-0.1, -0.05) is 20.3 Å². The fourth-order valence-corrected chi connectivity index (χ4v) is 2.84. The Bertz CT molecular complexity index is 492. The Labute approximate surface area is 125 Å². The SMILES string of the molecule is CCCNc1ncc(F)cc1C(=O)NCC1CCC(C)C1. The monoisotopic (exact) mass is 293 g/mol. The van der Waals surface area contributed by atoms with Gasteiger partial charge in [0.15, 0.2) is 0 Å². The summed E-state index contributed by atoms with van der Waals surface area (Å²) in [7, 11) is 0. The van der Waals surface area contributed by atoms with Gasteiger partial charge < -0.3 is 10.6 Å². The molecule has 1 aromatic rings. The van der Waals surface area contributed by atoms with Crippen LogP contribution in [0.25, 0.3) is 0 Å². The molecule has 5 heteroatoms. The van der Waals surface area contributed by atoms with Crippen molar-refractivity contribution in [3.63, 3.8) is 0 Å². The average Bonchev–Trinajstić information content (AvgIpc) is 2.89. The van der Waals surface area contributed by atoms with E-state index in [1.807, 2.05) is 6.92 Å². The van der Waals surface area contributed by atoms with Crippen LogP contribution in [-0.2, 0) is 0 Å². The minimum Gasteiger partial charge on any atom is -0.369 e. The van der Waals surface area contributed by atoms with E-state index in [2.05, 4.69) is 22.5 Å². The first-order valence-corrected chi connectivity index (χ1v) is 7.77. The second kappa shape index (κ2) is 7.38. The lowest BCUT2D eigenvalue weighted by molar-refractivity contribution is 0.0947. The number of amides is 1. The second-order valence-electron chi connectivity index (χ2n) is 5.97. The lowest BCUT2D eigenvalue weighted by Gasteiger charge is -2.13. The van der Waals surface area contributed by atoms with Crippen LogP contribution in [0.3, 0.4) is 0 Å². The van der Waals surface area contributed by atoms with Crippen LogP contribution in [0.15, 0.2) is 12.3 Å². The van der Waals surface area contributed by atoms with E-state index in [0.29, 0.717) is 24.8 Å². The summed E-state index contributed by atoms with van der Waals surface area (Å²) >= 11 is 0. The predicted molar refractivity (Wildman–Crippen MR) is 81.8 cm³/mol. The predicted octanol–water partition coefficient (Wildman–Crippen LogP) is 3.21. The number of nitrogens with zero attached hydrogens (tertiary/aromatic N) is 1. The van der Waals surface area contributed by atoms with Gasteiger partial charge in [-0.25, -0.2) is 9.37 Å². The van der Waals surface area contributed by atoms with Crippen LogP contribution in [-0.4, -0.2) is 24.0 Å². The molecular formula is C16H24FN3O. The number of anilines is 1. The van der Waals surface area contributed by atoms with Gasteiger partial charge >= 0.3 is 0 Å². The van der Waals surface area contributed by atoms with Crippen LogP contribution in [0.4, 0.5) is 10.2 Å². The maximum Gasteiger partial charge on any atom is 0.255 e. The van der Waals surface area contributed by atoms with Gasteiger partial charge in [0.05, 0.1) is 11.8 Å². The Kier molecular flexibility index (Phi) is 5.53. The fraction of sp³-hybridized carbons (Fsp3) is 0.625. The summed E-state index contributed by atoms with van der Waals surface area (Å²) in [4.78, 5) is 16.2. The highest BCUT2D eigenvalue weighted by Gasteiger charge is 2.22. The molecular weight excluding hydrogens is 269 g/mol. The number of hydrogen-bond donors (Lipinski definition) is 2. The van der Waals surface area contributed by atoms with Gasteiger partial charge in [0.1, 0.15) is 11.6 Å². The minimum absolute atomic E-state index is 0.250. The van der Waals surface area contributed by atoms with Crippen molar-refractivity contribution in [2.24, 2.45) is 11.8 Å². The number of rotatable bonds is 6. The smallest absolute Gasteiger partial charge is 0.255 e. The van der Waals surface area contributed by atoms with Gasteiger partial charge in [-0.2, -0.15) is 0 Å². The third-order valence-corrected chi connectivity index (χ3v) is 4.00. The van der Waals surface area contributed by atoms with Crippen molar-refractivity contribution in [1.29, 1.82) is 0 Å². The molecule has 0 aromatic carbocycles. The number of aromatic nitrogens is 1. The highest BCUT2D eigenvalue weighted by Crippen LogP contribution is 2.29. The van der Waals surface area contributed by atoms with Crippen molar-refractivity contribution >= 4 is 11.7 Å². The van der Waals surface area contributed by atoms with Crippen molar-refractivity contribution in [3.05, 3.63) is 23.6 Å². The van der Waals surface area contributed by atoms with E-state index < -0.39 is 5.82 Å². The Morgan fingerprint density at radius 2 is 2.29 bits per heavy atom. The molecule has 1 heterocycles. The molecule has 4 nitrogen and oxygen atoms in total. The number of pyridine rings is 1. The fourth-order valence-electron chi connectivity index (χ4n) is 2.84. The zero-order chi connectivity index (χ0) is 15.2. The highest BCUT2D eigenvalue weighted by atomic mass is 19.1. The van der Waals surface area contributed by atoms with E-state index >= 15 is 0 Å². The molecule has 1 amide bonds. The summed E-state index contributed by atoms with van der Waals surface area (Å²) < 4.78 is 13.4. The summed E-state index contributed by atoms with van der Waals surface area (Å²) in [5, 5.41) is 5.99. The Morgan fingerprint density at radius 1 is 1.48 bits per heavy atom. The van der Waals surface area contributed by atoms with Crippen molar-refractivity contribution in [1.82, 2.24) is 10.3 Å². The van der Waals surface area contributed by atoms with Crippen LogP contribution < -0.4 is 10.6 Å². The molecule has 0 spiro atoms. The number of hydrogen-bond acceptors (Lipinski definition) is 3. The number of halogens is 1. The molecule has 2 unspecified atom stereocenters. The first-order valence-electron chi connectivity index (χ1n) is 7.77. The molecule has 0 saturated heterocycles.